The Morgan fingerprint density at radius 1 is 0.889 bits per heavy atom. The molecule has 27 heavy (non-hydrogen) atoms. The van der Waals surface area contributed by atoms with E-state index < -0.39 is 7.92 Å². The second-order valence-electron chi connectivity index (χ2n) is 6.96. The predicted octanol–water partition coefficient (Wildman–Crippen LogP) is 3.95. The summed E-state index contributed by atoms with van der Waals surface area (Å²) in [6, 6.07) is 22.1. The first-order valence-corrected chi connectivity index (χ1v) is 11.0. The third-order valence-electron chi connectivity index (χ3n) is 5.13. The molecule has 2 aromatic rings. The molecule has 2 nitrogen and oxygen atoms in total. The van der Waals surface area contributed by atoms with Crippen molar-refractivity contribution in [3.8, 4) is 0 Å². The number of benzene rings is 2. The molecule has 1 aliphatic carbocycles. The van der Waals surface area contributed by atoms with E-state index in [1.165, 1.54) is 22.2 Å². The fourth-order valence-electron chi connectivity index (χ4n) is 3.47. The van der Waals surface area contributed by atoms with Crippen molar-refractivity contribution in [3.63, 3.8) is 0 Å². The van der Waals surface area contributed by atoms with Gasteiger partial charge in [0.15, 0.2) is 0 Å². The van der Waals surface area contributed by atoms with Gasteiger partial charge in [-0.25, -0.2) is 0 Å². The maximum Gasteiger partial charge on any atom is 0.0431 e. The molecule has 1 atom stereocenters. The average molecular weight is 378 g/mol. The molecule has 0 heterocycles. The summed E-state index contributed by atoms with van der Waals surface area (Å²) in [6.07, 6.45) is 8.68. The van der Waals surface area contributed by atoms with Gasteiger partial charge in [-0.1, -0.05) is 60.7 Å². The van der Waals surface area contributed by atoms with Gasteiger partial charge in [0.25, 0.3) is 0 Å². The van der Waals surface area contributed by atoms with Crippen molar-refractivity contribution in [2.45, 2.75) is 25.8 Å². The molecule has 3 rings (SSSR count). The zero-order valence-corrected chi connectivity index (χ0v) is 17.1. The van der Waals surface area contributed by atoms with Gasteiger partial charge in [-0.05, 0) is 71.2 Å². The number of unbranched alkanes of at least 4 members (excludes halogenated alkanes) is 1. The first-order chi connectivity index (χ1) is 13.2. The van der Waals surface area contributed by atoms with E-state index in [0.29, 0.717) is 6.04 Å². The second-order valence-corrected chi connectivity index (χ2v) is 9.15. The molecule has 5 radical (unpaired) electrons. The molecule has 1 N–H and O–H groups in total. The summed E-state index contributed by atoms with van der Waals surface area (Å²) in [5.41, 5.74) is 1.45. The molecule has 0 aromatic heterocycles. The van der Waals surface area contributed by atoms with Gasteiger partial charge in [0, 0.05) is 24.2 Å². The lowest BCUT2D eigenvalue weighted by Crippen LogP contribution is -2.37. The Bertz CT molecular complexity index is 623. The first kappa shape index (κ1) is 20.5. The van der Waals surface area contributed by atoms with Crippen molar-refractivity contribution in [1.29, 1.82) is 0 Å². The normalized spacial score (nSPS) is 17.1. The van der Waals surface area contributed by atoms with Gasteiger partial charge in [-0.3, -0.25) is 0 Å². The maximum absolute atomic E-state index is 9.05. The highest BCUT2D eigenvalue weighted by atomic mass is 31.1. The Labute approximate surface area is 166 Å². The van der Waals surface area contributed by atoms with E-state index in [-0.39, 0.29) is 6.61 Å². The molecule has 0 spiro atoms. The Morgan fingerprint density at radius 2 is 1.48 bits per heavy atom. The van der Waals surface area contributed by atoms with Crippen LogP contribution in [0.2, 0.25) is 0 Å². The Balaban J connectivity index is 1.83. The minimum Gasteiger partial charge on any atom is -0.396 e. The summed E-state index contributed by atoms with van der Waals surface area (Å²) in [5.74, 6) is 1.42. The number of aliphatic hydroxyl groups excluding tert-OH is 1. The quantitative estimate of drug-likeness (QED) is 0.528. The number of aliphatic hydroxyl groups is 1. The lowest BCUT2D eigenvalue weighted by atomic mass is 9.98. The molecule has 0 amide bonds. The summed E-state index contributed by atoms with van der Waals surface area (Å²) in [6.45, 7) is 3.57. The minimum absolute atomic E-state index is 0.275. The van der Waals surface area contributed by atoms with Crippen molar-refractivity contribution in [3.05, 3.63) is 91.5 Å². The Morgan fingerprint density at radius 3 is 2.04 bits per heavy atom. The van der Waals surface area contributed by atoms with E-state index in [9.17, 15) is 0 Å². The van der Waals surface area contributed by atoms with Crippen LogP contribution in [-0.2, 0) is 0 Å². The number of nitrogens with zero attached hydrogens (tertiary/aromatic N) is 1. The number of rotatable bonds is 9. The molecular weight excluding hydrogens is 349 g/mol. The van der Waals surface area contributed by atoms with E-state index in [4.69, 9.17) is 5.11 Å². The van der Waals surface area contributed by atoms with Gasteiger partial charge >= 0.3 is 0 Å². The zero-order valence-electron chi connectivity index (χ0n) is 16.3. The molecule has 1 fully saturated rings. The van der Waals surface area contributed by atoms with Gasteiger partial charge < -0.3 is 10.0 Å². The minimum atomic E-state index is -0.570. The Kier molecular flexibility index (Phi) is 7.88. The highest BCUT2D eigenvalue weighted by Gasteiger charge is 2.40. The smallest absolute Gasteiger partial charge is 0.0431 e. The molecule has 2 aromatic carbocycles. The highest BCUT2D eigenvalue weighted by Crippen LogP contribution is 2.57. The van der Waals surface area contributed by atoms with Crippen LogP contribution in [0.3, 0.4) is 0 Å². The van der Waals surface area contributed by atoms with Crippen LogP contribution in [-0.4, -0.2) is 36.2 Å². The molecular formula is C24H29NOP. The standard InChI is InChI=1S/C24H29NOP/c1-20(25(2)18-9-10-19-26)23-16-11-17-24(23)27(21-12-5-3-6-13-21)22-14-7-4-8-15-22/h3-8,11-17,20,26H,9-10,18-19H2,1-2H3/t20-/m1/s1. The summed E-state index contributed by atoms with van der Waals surface area (Å²) in [5, 5.41) is 11.8. The van der Waals surface area contributed by atoms with Crippen LogP contribution in [0.25, 0.3) is 0 Å². The fraction of sp³-hybridized carbons (Fsp3) is 0.292. The van der Waals surface area contributed by atoms with Crippen LogP contribution >= 0.6 is 7.92 Å². The van der Waals surface area contributed by atoms with E-state index in [1.807, 2.05) is 0 Å². The average Bonchev–Trinajstić information content (AvgIpc) is 3.18. The molecule has 0 aliphatic heterocycles. The van der Waals surface area contributed by atoms with Crippen LogP contribution < -0.4 is 10.6 Å². The van der Waals surface area contributed by atoms with Crippen LogP contribution in [0, 0.1) is 30.8 Å². The number of hydrogen-bond acceptors (Lipinski definition) is 2. The second kappa shape index (κ2) is 10.4. The van der Waals surface area contributed by atoms with Crippen LogP contribution in [0.1, 0.15) is 19.8 Å². The summed E-state index contributed by atoms with van der Waals surface area (Å²) in [4.78, 5) is 2.40. The summed E-state index contributed by atoms with van der Waals surface area (Å²) in [7, 11) is 1.62. The summed E-state index contributed by atoms with van der Waals surface area (Å²) < 4.78 is 0. The lowest BCUT2D eigenvalue weighted by molar-refractivity contribution is 0.241. The van der Waals surface area contributed by atoms with Gasteiger partial charge in [-0.15, -0.1) is 0 Å². The molecule has 141 valence electrons. The van der Waals surface area contributed by atoms with Crippen LogP contribution in [0.4, 0.5) is 0 Å². The fourth-order valence-corrected chi connectivity index (χ4v) is 6.02. The molecule has 1 saturated carbocycles. The van der Waals surface area contributed by atoms with Crippen molar-refractivity contribution in [2.24, 2.45) is 0 Å². The maximum atomic E-state index is 9.05. The number of hydrogen-bond donors (Lipinski definition) is 1. The van der Waals surface area contributed by atoms with Gasteiger partial charge in [-0.2, -0.15) is 0 Å². The summed E-state index contributed by atoms with van der Waals surface area (Å²) >= 11 is 0. The van der Waals surface area contributed by atoms with Gasteiger partial charge in [0.2, 0.25) is 0 Å². The monoisotopic (exact) mass is 378 g/mol. The van der Waals surface area contributed by atoms with Crippen molar-refractivity contribution < 1.29 is 5.11 Å². The van der Waals surface area contributed by atoms with E-state index in [0.717, 1.165) is 19.4 Å². The topological polar surface area (TPSA) is 23.5 Å². The van der Waals surface area contributed by atoms with Crippen molar-refractivity contribution in [2.75, 3.05) is 20.2 Å². The third kappa shape index (κ3) is 5.19. The van der Waals surface area contributed by atoms with Gasteiger partial charge in [0.05, 0.1) is 0 Å². The predicted molar refractivity (Wildman–Crippen MR) is 117 cm³/mol. The third-order valence-corrected chi connectivity index (χ3v) is 7.64. The zero-order chi connectivity index (χ0) is 19.1. The van der Waals surface area contributed by atoms with Crippen molar-refractivity contribution >= 4 is 18.5 Å². The SMILES string of the molecule is C[C@H]([C]1[CH][CH][CH][C]1P(c1ccccc1)c1ccccc1)N(C)CCCCO. The van der Waals surface area contributed by atoms with E-state index in [1.54, 1.807) is 0 Å². The Hall–Kier alpha value is -1.21. The first-order valence-electron chi connectivity index (χ1n) is 9.69. The van der Waals surface area contributed by atoms with Crippen molar-refractivity contribution in [1.82, 2.24) is 4.90 Å². The van der Waals surface area contributed by atoms with Crippen LogP contribution in [0.15, 0.2) is 60.7 Å². The van der Waals surface area contributed by atoms with E-state index >= 15 is 0 Å². The molecule has 3 heteroatoms. The largest absolute Gasteiger partial charge is 0.396 e. The van der Waals surface area contributed by atoms with E-state index in [2.05, 4.69) is 98.8 Å². The van der Waals surface area contributed by atoms with Crippen LogP contribution in [0.5, 0.6) is 0 Å². The molecule has 0 saturated heterocycles. The molecule has 0 unspecified atom stereocenters. The molecule has 0 bridgehead atoms. The highest BCUT2D eigenvalue weighted by molar-refractivity contribution is 7.76. The lowest BCUT2D eigenvalue weighted by Gasteiger charge is -2.36. The van der Waals surface area contributed by atoms with Gasteiger partial charge in [0.1, 0.15) is 0 Å². The molecule has 1 aliphatic rings.